The number of piperidine rings is 1. The molecule has 1 atom stereocenters. The third kappa shape index (κ3) is 5.42. The first-order valence-electron chi connectivity index (χ1n) is 11.4. The van der Waals surface area contributed by atoms with Crippen LogP contribution in [0.5, 0.6) is 5.75 Å². The van der Waals surface area contributed by atoms with Gasteiger partial charge in [-0.25, -0.2) is 0 Å². The number of hydrogen-bond acceptors (Lipinski definition) is 4. The van der Waals surface area contributed by atoms with Crippen LogP contribution in [-0.4, -0.2) is 48.4 Å². The normalized spacial score (nSPS) is 18.1. The van der Waals surface area contributed by atoms with Gasteiger partial charge in [0.25, 0.3) is 5.91 Å². The van der Waals surface area contributed by atoms with E-state index in [1.54, 1.807) is 31.2 Å². The second-order valence-electron chi connectivity index (χ2n) is 8.54. The van der Waals surface area contributed by atoms with Crippen LogP contribution in [0.15, 0.2) is 48.5 Å². The second-order valence-corrected chi connectivity index (χ2v) is 8.54. The number of ether oxygens (including phenoxy) is 1. The minimum Gasteiger partial charge on any atom is -0.479 e. The number of likely N-dealkylation sites (tertiary alicyclic amines) is 1. The average molecular weight is 448 g/mol. The molecule has 2 aliphatic heterocycles. The van der Waals surface area contributed by atoms with E-state index in [9.17, 15) is 14.4 Å². The summed E-state index contributed by atoms with van der Waals surface area (Å²) in [5.74, 6) is -0.112. The largest absolute Gasteiger partial charge is 0.479 e. The van der Waals surface area contributed by atoms with Crippen LogP contribution in [0, 0.1) is 6.92 Å². The minimum atomic E-state index is -0.676. The van der Waals surface area contributed by atoms with Gasteiger partial charge in [0.2, 0.25) is 11.8 Å². The summed E-state index contributed by atoms with van der Waals surface area (Å²) in [5.41, 5.74) is 3.09. The highest BCUT2D eigenvalue weighted by atomic mass is 16.5. The molecule has 0 bridgehead atoms. The number of aryl methyl sites for hydroxylation is 1. The summed E-state index contributed by atoms with van der Waals surface area (Å²) < 4.78 is 5.73. The fourth-order valence-electron chi connectivity index (χ4n) is 4.06. The van der Waals surface area contributed by atoms with Crippen molar-refractivity contribution >= 4 is 35.2 Å². The number of anilines is 2. The lowest BCUT2D eigenvalue weighted by Crippen LogP contribution is -2.50. The summed E-state index contributed by atoms with van der Waals surface area (Å²) in [7, 11) is 0. The monoisotopic (exact) mass is 447 g/mol. The number of hydrogen-bond donors (Lipinski definition) is 1. The first-order valence-corrected chi connectivity index (χ1v) is 11.4. The van der Waals surface area contributed by atoms with Crippen molar-refractivity contribution in [1.29, 1.82) is 0 Å². The Morgan fingerprint density at radius 3 is 2.55 bits per heavy atom. The van der Waals surface area contributed by atoms with E-state index in [1.807, 2.05) is 36.1 Å². The van der Waals surface area contributed by atoms with Gasteiger partial charge < -0.3 is 15.0 Å². The third-order valence-corrected chi connectivity index (χ3v) is 5.94. The Morgan fingerprint density at radius 1 is 1.09 bits per heavy atom. The summed E-state index contributed by atoms with van der Waals surface area (Å²) >= 11 is 0. The van der Waals surface area contributed by atoms with Gasteiger partial charge in [-0.1, -0.05) is 29.8 Å². The van der Waals surface area contributed by atoms with Crippen molar-refractivity contribution in [1.82, 2.24) is 4.90 Å². The van der Waals surface area contributed by atoms with Crippen molar-refractivity contribution in [3.8, 4) is 5.75 Å². The van der Waals surface area contributed by atoms with Crippen LogP contribution in [0.2, 0.25) is 0 Å². The molecule has 0 radical (unpaired) electrons. The summed E-state index contributed by atoms with van der Waals surface area (Å²) in [5, 5.41) is 2.82. The van der Waals surface area contributed by atoms with Gasteiger partial charge in [-0.2, -0.15) is 0 Å². The number of fused-ring (bicyclic) bond motifs is 1. The first-order chi connectivity index (χ1) is 15.9. The van der Waals surface area contributed by atoms with Crippen molar-refractivity contribution in [2.75, 3.05) is 29.9 Å². The average Bonchev–Trinajstić information content (AvgIpc) is 2.82. The van der Waals surface area contributed by atoms with E-state index in [0.29, 0.717) is 17.1 Å². The van der Waals surface area contributed by atoms with E-state index in [-0.39, 0.29) is 24.3 Å². The number of carbonyl (C=O) groups is 3. The zero-order valence-electron chi connectivity index (χ0n) is 19.0. The molecule has 7 nitrogen and oxygen atoms in total. The highest BCUT2D eigenvalue weighted by molar-refractivity contribution is 6.06. The molecule has 0 aromatic heterocycles. The van der Waals surface area contributed by atoms with Gasteiger partial charge in [0.05, 0.1) is 5.69 Å². The summed E-state index contributed by atoms with van der Waals surface area (Å²) in [6.45, 7) is 5.10. The predicted molar refractivity (Wildman–Crippen MR) is 128 cm³/mol. The number of nitrogens with one attached hydrogen (secondary N) is 1. The minimum absolute atomic E-state index is 0.0374. The lowest BCUT2D eigenvalue weighted by Gasteiger charge is -2.35. The highest BCUT2D eigenvalue weighted by Gasteiger charge is 2.34. The molecule has 1 fully saturated rings. The lowest BCUT2D eigenvalue weighted by atomic mass is 10.1. The first kappa shape index (κ1) is 22.6. The Bertz CT molecular complexity index is 1070. The third-order valence-electron chi connectivity index (χ3n) is 5.94. The molecule has 0 saturated carbocycles. The molecule has 2 aliphatic rings. The van der Waals surface area contributed by atoms with E-state index in [4.69, 9.17) is 4.74 Å². The number of carbonyl (C=O) groups excluding carboxylic acids is 3. The van der Waals surface area contributed by atoms with Crippen LogP contribution in [0.1, 0.15) is 37.3 Å². The van der Waals surface area contributed by atoms with Crippen molar-refractivity contribution in [3.05, 3.63) is 59.7 Å². The van der Waals surface area contributed by atoms with Crippen LogP contribution < -0.4 is 15.0 Å². The van der Waals surface area contributed by atoms with Crippen molar-refractivity contribution < 1.29 is 19.1 Å². The van der Waals surface area contributed by atoms with Crippen LogP contribution in [-0.2, 0) is 14.4 Å². The van der Waals surface area contributed by atoms with E-state index >= 15 is 0 Å². The SMILES string of the molecule is Cc1ccc(/C=C/C(=O)Nc2ccc3c(c2)N(CC(=O)N2CCCCC2)C(=O)C(C)O3)cc1. The zero-order valence-corrected chi connectivity index (χ0v) is 19.0. The quantitative estimate of drug-likeness (QED) is 0.708. The van der Waals surface area contributed by atoms with E-state index < -0.39 is 6.10 Å². The van der Waals surface area contributed by atoms with Crippen LogP contribution in [0.3, 0.4) is 0 Å². The number of amides is 3. The van der Waals surface area contributed by atoms with Crippen LogP contribution in [0.4, 0.5) is 11.4 Å². The van der Waals surface area contributed by atoms with Crippen molar-refractivity contribution in [2.45, 2.75) is 39.2 Å². The summed E-state index contributed by atoms with van der Waals surface area (Å²) in [6.07, 6.45) is 5.63. The predicted octanol–water partition coefficient (Wildman–Crippen LogP) is 3.77. The van der Waals surface area contributed by atoms with Crippen LogP contribution >= 0.6 is 0 Å². The molecule has 0 aliphatic carbocycles. The molecule has 3 amide bonds. The van der Waals surface area contributed by atoms with Gasteiger partial charge in [-0.15, -0.1) is 0 Å². The van der Waals surface area contributed by atoms with Crippen LogP contribution in [0.25, 0.3) is 6.08 Å². The van der Waals surface area contributed by atoms with Crippen molar-refractivity contribution in [2.24, 2.45) is 0 Å². The molecule has 1 unspecified atom stereocenters. The smallest absolute Gasteiger partial charge is 0.268 e. The Morgan fingerprint density at radius 2 is 1.82 bits per heavy atom. The topological polar surface area (TPSA) is 79.0 Å². The maximum atomic E-state index is 12.9. The van der Waals surface area contributed by atoms with Gasteiger partial charge >= 0.3 is 0 Å². The molecule has 0 spiro atoms. The second kappa shape index (κ2) is 9.90. The molecule has 4 rings (SSSR count). The fourth-order valence-corrected chi connectivity index (χ4v) is 4.06. The molecule has 2 heterocycles. The Hall–Kier alpha value is -3.61. The standard InChI is InChI=1S/C26H29N3O4/c1-18-6-8-20(9-7-18)10-13-24(30)27-21-11-12-23-22(16-21)29(26(32)19(2)33-23)17-25(31)28-14-4-3-5-15-28/h6-13,16,19H,3-5,14-15,17H2,1-2H3,(H,27,30)/b13-10+. The Kier molecular flexibility index (Phi) is 6.77. The van der Waals surface area contributed by atoms with Crippen molar-refractivity contribution in [3.63, 3.8) is 0 Å². The zero-order chi connectivity index (χ0) is 23.4. The molecule has 33 heavy (non-hydrogen) atoms. The summed E-state index contributed by atoms with van der Waals surface area (Å²) in [6, 6.07) is 13.0. The maximum absolute atomic E-state index is 12.9. The van der Waals surface area contributed by atoms with E-state index in [1.165, 1.54) is 11.0 Å². The molecule has 2 aromatic carbocycles. The lowest BCUT2D eigenvalue weighted by molar-refractivity contribution is -0.133. The molecule has 1 N–H and O–H groups in total. The van der Waals surface area contributed by atoms with E-state index in [0.717, 1.165) is 43.5 Å². The molecular formula is C26H29N3O4. The number of benzene rings is 2. The molecule has 7 heteroatoms. The maximum Gasteiger partial charge on any atom is 0.268 e. The van der Waals surface area contributed by atoms with Gasteiger partial charge in [-0.05, 0) is 62.9 Å². The molecule has 2 aromatic rings. The van der Waals surface area contributed by atoms with Gasteiger partial charge in [0.1, 0.15) is 12.3 Å². The van der Waals surface area contributed by atoms with E-state index in [2.05, 4.69) is 5.32 Å². The fraction of sp³-hybridized carbons (Fsp3) is 0.346. The highest BCUT2D eigenvalue weighted by Crippen LogP contribution is 2.36. The Balaban J connectivity index is 1.49. The number of nitrogens with zero attached hydrogens (tertiary/aromatic N) is 2. The molecule has 1 saturated heterocycles. The number of rotatable bonds is 5. The van der Waals surface area contributed by atoms with Gasteiger partial charge in [-0.3, -0.25) is 19.3 Å². The Labute approximate surface area is 194 Å². The molecular weight excluding hydrogens is 418 g/mol. The summed E-state index contributed by atoms with van der Waals surface area (Å²) in [4.78, 5) is 41.4. The van der Waals surface area contributed by atoms with Gasteiger partial charge in [0, 0.05) is 24.9 Å². The van der Waals surface area contributed by atoms with Gasteiger partial charge in [0.15, 0.2) is 6.10 Å². The molecule has 172 valence electrons.